The Bertz CT molecular complexity index is 638. The number of hydrogen-bond acceptors (Lipinski definition) is 4. The first kappa shape index (κ1) is 10.5. The van der Waals surface area contributed by atoms with Crippen LogP contribution < -0.4 is 0 Å². The highest BCUT2D eigenvalue weighted by Crippen LogP contribution is 2.27. The molecule has 0 N–H and O–H groups in total. The van der Waals surface area contributed by atoms with Gasteiger partial charge in [-0.1, -0.05) is 24.3 Å². The van der Waals surface area contributed by atoms with Gasteiger partial charge in [-0.05, 0) is 17.7 Å². The molecule has 2 aromatic rings. The molecule has 0 saturated heterocycles. The molecule has 0 unspecified atom stereocenters. The molecule has 1 aliphatic carbocycles. The Morgan fingerprint density at radius 1 is 0.889 bits per heavy atom. The molecule has 0 saturated carbocycles. The number of carbonyl (C=O) groups is 2. The monoisotopic (exact) mass is 236 g/mol. The number of hydrogen-bond donors (Lipinski definition) is 0. The molecule has 18 heavy (non-hydrogen) atoms. The molecule has 0 fully saturated rings. The summed E-state index contributed by atoms with van der Waals surface area (Å²) >= 11 is 0. The number of allylic oxidation sites excluding steroid dienone is 1. The van der Waals surface area contributed by atoms with Gasteiger partial charge < -0.3 is 0 Å². The molecule has 0 spiro atoms. The van der Waals surface area contributed by atoms with Crippen LogP contribution >= 0.6 is 0 Å². The topological polar surface area (TPSA) is 59.9 Å². The van der Waals surface area contributed by atoms with Crippen molar-refractivity contribution < 1.29 is 9.59 Å². The van der Waals surface area contributed by atoms with Crippen molar-refractivity contribution in [2.24, 2.45) is 0 Å². The molecule has 0 amide bonds. The number of Topliss-reactive ketones (excluding diaryl/α,β-unsaturated/α-hetero) is 2. The lowest BCUT2D eigenvalue weighted by atomic mass is 10.1. The van der Waals surface area contributed by atoms with Crippen molar-refractivity contribution in [2.45, 2.75) is 0 Å². The highest BCUT2D eigenvalue weighted by Gasteiger charge is 2.32. The molecule has 1 aromatic carbocycles. The zero-order chi connectivity index (χ0) is 12.5. The summed E-state index contributed by atoms with van der Waals surface area (Å²) < 4.78 is 0. The number of benzene rings is 1. The second-order valence-electron chi connectivity index (χ2n) is 3.94. The number of fused-ring (bicyclic) bond motifs is 1. The largest absolute Gasteiger partial charge is 0.288 e. The van der Waals surface area contributed by atoms with Gasteiger partial charge in [0.1, 0.15) is 0 Å². The van der Waals surface area contributed by atoms with Crippen molar-refractivity contribution in [1.29, 1.82) is 0 Å². The smallest absolute Gasteiger partial charge is 0.197 e. The van der Waals surface area contributed by atoms with E-state index in [2.05, 4.69) is 10.2 Å². The Balaban J connectivity index is 2.10. The van der Waals surface area contributed by atoms with Crippen LogP contribution in [0.25, 0.3) is 6.08 Å². The van der Waals surface area contributed by atoms with Crippen LogP contribution in [0.4, 0.5) is 0 Å². The normalized spacial score (nSPS) is 13.7. The van der Waals surface area contributed by atoms with E-state index in [1.54, 1.807) is 36.4 Å². The van der Waals surface area contributed by atoms with E-state index in [0.29, 0.717) is 16.7 Å². The van der Waals surface area contributed by atoms with Crippen molar-refractivity contribution in [3.63, 3.8) is 0 Å². The average Bonchev–Trinajstić information content (AvgIpc) is 2.66. The van der Waals surface area contributed by atoms with Crippen molar-refractivity contribution in [2.75, 3.05) is 0 Å². The zero-order valence-corrected chi connectivity index (χ0v) is 9.33. The SMILES string of the molecule is O=C1C(=Cc2ccnnc2)C(=O)c2ccccc21. The van der Waals surface area contributed by atoms with Gasteiger partial charge in [0.25, 0.3) is 0 Å². The Labute approximate surface area is 103 Å². The van der Waals surface area contributed by atoms with Gasteiger partial charge in [-0.25, -0.2) is 0 Å². The van der Waals surface area contributed by atoms with Gasteiger partial charge in [0.05, 0.1) is 18.0 Å². The van der Waals surface area contributed by atoms with Crippen LogP contribution in [0.5, 0.6) is 0 Å². The summed E-state index contributed by atoms with van der Waals surface area (Å²) in [4.78, 5) is 24.2. The van der Waals surface area contributed by atoms with Crippen LogP contribution in [0.15, 0.2) is 48.3 Å². The van der Waals surface area contributed by atoms with Crippen LogP contribution in [-0.4, -0.2) is 21.8 Å². The lowest BCUT2D eigenvalue weighted by molar-refractivity contribution is 0.0990. The maximum atomic E-state index is 12.1. The van der Waals surface area contributed by atoms with Crippen molar-refractivity contribution in [3.05, 3.63) is 65.0 Å². The first-order valence-electron chi connectivity index (χ1n) is 5.44. The van der Waals surface area contributed by atoms with Crippen LogP contribution in [0.1, 0.15) is 26.3 Å². The Morgan fingerprint density at radius 2 is 1.56 bits per heavy atom. The van der Waals surface area contributed by atoms with Gasteiger partial charge >= 0.3 is 0 Å². The molecule has 0 aliphatic heterocycles. The minimum Gasteiger partial charge on any atom is -0.288 e. The second kappa shape index (κ2) is 4.00. The lowest BCUT2D eigenvalue weighted by Crippen LogP contribution is -2.00. The zero-order valence-electron chi connectivity index (χ0n) is 9.33. The van der Waals surface area contributed by atoms with Crippen molar-refractivity contribution >= 4 is 17.6 Å². The van der Waals surface area contributed by atoms with E-state index in [0.717, 1.165) is 0 Å². The highest BCUT2D eigenvalue weighted by atomic mass is 16.2. The second-order valence-corrected chi connectivity index (χ2v) is 3.94. The molecule has 1 aliphatic rings. The van der Waals surface area contributed by atoms with E-state index in [1.807, 2.05) is 0 Å². The van der Waals surface area contributed by atoms with Gasteiger partial charge in [0, 0.05) is 11.1 Å². The fourth-order valence-electron chi connectivity index (χ4n) is 1.96. The summed E-state index contributed by atoms with van der Waals surface area (Å²) in [5, 5.41) is 7.36. The van der Waals surface area contributed by atoms with E-state index in [4.69, 9.17) is 0 Å². The minimum atomic E-state index is -0.229. The number of carbonyl (C=O) groups excluding carboxylic acids is 2. The van der Waals surface area contributed by atoms with E-state index in [-0.39, 0.29) is 17.1 Å². The van der Waals surface area contributed by atoms with Crippen LogP contribution in [0, 0.1) is 0 Å². The molecule has 0 atom stereocenters. The standard InChI is InChI=1S/C14H8N2O2/c17-13-10-3-1-2-4-11(10)14(18)12(13)7-9-5-6-15-16-8-9/h1-8H. The molecule has 0 bridgehead atoms. The maximum absolute atomic E-state index is 12.1. The molecule has 1 heterocycles. The van der Waals surface area contributed by atoms with Gasteiger partial charge in [0.15, 0.2) is 11.6 Å². The number of ketones is 2. The molecular weight excluding hydrogens is 228 g/mol. The third kappa shape index (κ3) is 1.55. The van der Waals surface area contributed by atoms with E-state index in [9.17, 15) is 9.59 Å². The average molecular weight is 236 g/mol. The summed E-state index contributed by atoms with van der Waals surface area (Å²) in [7, 11) is 0. The molecule has 4 heteroatoms. The Kier molecular flexibility index (Phi) is 2.34. The fraction of sp³-hybridized carbons (Fsp3) is 0. The lowest BCUT2D eigenvalue weighted by Gasteiger charge is -1.94. The van der Waals surface area contributed by atoms with Crippen LogP contribution in [0.2, 0.25) is 0 Å². The van der Waals surface area contributed by atoms with E-state index >= 15 is 0 Å². The summed E-state index contributed by atoms with van der Waals surface area (Å²) in [5.74, 6) is -0.458. The van der Waals surface area contributed by atoms with Crippen LogP contribution in [0.3, 0.4) is 0 Å². The fourth-order valence-corrected chi connectivity index (χ4v) is 1.96. The van der Waals surface area contributed by atoms with E-state index < -0.39 is 0 Å². The third-order valence-corrected chi connectivity index (χ3v) is 2.82. The van der Waals surface area contributed by atoms with E-state index in [1.165, 1.54) is 12.4 Å². The molecule has 3 rings (SSSR count). The molecular formula is C14H8N2O2. The van der Waals surface area contributed by atoms with Gasteiger partial charge in [0.2, 0.25) is 0 Å². The Morgan fingerprint density at radius 3 is 2.11 bits per heavy atom. The summed E-state index contributed by atoms with van der Waals surface area (Å²) in [6.07, 6.45) is 4.58. The van der Waals surface area contributed by atoms with Crippen molar-refractivity contribution in [3.8, 4) is 0 Å². The number of rotatable bonds is 1. The Hall–Kier alpha value is -2.62. The predicted molar refractivity (Wildman–Crippen MR) is 65.1 cm³/mol. The first-order chi connectivity index (χ1) is 8.77. The van der Waals surface area contributed by atoms with Crippen molar-refractivity contribution in [1.82, 2.24) is 10.2 Å². The molecule has 0 radical (unpaired) electrons. The van der Waals surface area contributed by atoms with Crippen LogP contribution in [-0.2, 0) is 0 Å². The highest BCUT2D eigenvalue weighted by molar-refractivity contribution is 6.41. The third-order valence-electron chi connectivity index (χ3n) is 2.82. The summed E-state index contributed by atoms with van der Waals surface area (Å²) in [6, 6.07) is 8.54. The molecule has 4 nitrogen and oxygen atoms in total. The quantitative estimate of drug-likeness (QED) is 0.560. The van der Waals surface area contributed by atoms with Gasteiger partial charge in [-0.15, -0.1) is 0 Å². The summed E-state index contributed by atoms with van der Waals surface area (Å²) in [5.41, 5.74) is 1.81. The molecule has 1 aromatic heterocycles. The summed E-state index contributed by atoms with van der Waals surface area (Å²) in [6.45, 7) is 0. The van der Waals surface area contributed by atoms with Gasteiger partial charge in [-0.2, -0.15) is 10.2 Å². The first-order valence-corrected chi connectivity index (χ1v) is 5.44. The minimum absolute atomic E-state index is 0.184. The number of aromatic nitrogens is 2. The maximum Gasteiger partial charge on any atom is 0.197 e. The van der Waals surface area contributed by atoms with Gasteiger partial charge in [-0.3, -0.25) is 9.59 Å². The predicted octanol–water partition coefficient (Wildman–Crippen LogP) is 1.94. The molecule has 86 valence electrons. The number of nitrogens with zero attached hydrogens (tertiary/aromatic N) is 2.